The van der Waals surface area contributed by atoms with Crippen molar-refractivity contribution in [3.05, 3.63) is 29.0 Å². The number of halogens is 2. The molecule has 5 nitrogen and oxygen atoms in total. The Bertz CT molecular complexity index is 533. The highest BCUT2D eigenvalue weighted by atomic mass is 35.5. The number of carbonyl (C=O) groups is 2. The van der Waals surface area contributed by atoms with Gasteiger partial charge in [-0.25, -0.2) is 4.39 Å². The minimum atomic E-state index is -0.597. The third-order valence-corrected chi connectivity index (χ3v) is 3.58. The van der Waals surface area contributed by atoms with E-state index in [1.807, 2.05) is 0 Å². The molecule has 2 N–H and O–H groups in total. The Morgan fingerprint density at radius 2 is 1.95 bits per heavy atom. The Kier molecular flexibility index (Phi) is 5.38. The molecule has 2 rings (SSSR count). The van der Waals surface area contributed by atoms with Crippen LogP contribution in [0.2, 0.25) is 5.02 Å². The van der Waals surface area contributed by atoms with Gasteiger partial charge in [0.25, 0.3) is 0 Å². The SMILES string of the molecule is O=C(CNc1cccc(Cl)c1F)NCC(=O)N1CCCC1. The summed E-state index contributed by atoms with van der Waals surface area (Å²) in [6.07, 6.45) is 2.02. The van der Waals surface area contributed by atoms with E-state index in [-0.39, 0.29) is 35.6 Å². The van der Waals surface area contributed by atoms with Gasteiger partial charge in [0.05, 0.1) is 23.8 Å². The maximum absolute atomic E-state index is 13.6. The molecule has 1 aliphatic rings. The number of likely N-dealkylation sites (tertiary alicyclic amines) is 1. The molecule has 1 aromatic rings. The summed E-state index contributed by atoms with van der Waals surface area (Å²) in [5, 5.41) is 5.16. The van der Waals surface area contributed by atoms with Gasteiger partial charge in [-0.1, -0.05) is 17.7 Å². The minimum absolute atomic E-state index is 0.00961. The second-order valence-corrected chi connectivity index (χ2v) is 5.23. The van der Waals surface area contributed by atoms with Crippen LogP contribution >= 0.6 is 11.6 Å². The zero-order valence-electron chi connectivity index (χ0n) is 11.5. The highest BCUT2D eigenvalue weighted by molar-refractivity contribution is 6.31. The molecular weight excluding hydrogens is 297 g/mol. The van der Waals surface area contributed by atoms with Gasteiger partial charge in [0, 0.05) is 13.1 Å². The third kappa shape index (κ3) is 4.32. The lowest BCUT2D eigenvalue weighted by atomic mass is 10.3. The van der Waals surface area contributed by atoms with Gasteiger partial charge in [-0.05, 0) is 25.0 Å². The van der Waals surface area contributed by atoms with Crippen LogP contribution in [-0.4, -0.2) is 42.9 Å². The van der Waals surface area contributed by atoms with E-state index in [1.54, 1.807) is 11.0 Å². The third-order valence-electron chi connectivity index (χ3n) is 3.29. The molecule has 0 radical (unpaired) electrons. The van der Waals surface area contributed by atoms with Crippen LogP contribution in [0, 0.1) is 5.82 Å². The van der Waals surface area contributed by atoms with Gasteiger partial charge in [-0.15, -0.1) is 0 Å². The van der Waals surface area contributed by atoms with Crippen molar-refractivity contribution < 1.29 is 14.0 Å². The predicted molar refractivity (Wildman–Crippen MR) is 78.7 cm³/mol. The molecular formula is C14H17ClFN3O2. The number of nitrogens with one attached hydrogen (secondary N) is 2. The summed E-state index contributed by atoms with van der Waals surface area (Å²) in [6, 6.07) is 4.50. The Hall–Kier alpha value is -1.82. The summed E-state index contributed by atoms with van der Waals surface area (Å²) in [4.78, 5) is 25.1. The number of amides is 2. The quantitative estimate of drug-likeness (QED) is 0.868. The van der Waals surface area contributed by atoms with E-state index in [0.29, 0.717) is 0 Å². The lowest BCUT2D eigenvalue weighted by Crippen LogP contribution is -2.40. The van der Waals surface area contributed by atoms with Gasteiger partial charge >= 0.3 is 0 Å². The van der Waals surface area contributed by atoms with Crippen LogP contribution < -0.4 is 10.6 Å². The van der Waals surface area contributed by atoms with Gasteiger partial charge in [0.15, 0.2) is 5.82 Å². The van der Waals surface area contributed by atoms with E-state index in [9.17, 15) is 14.0 Å². The van der Waals surface area contributed by atoms with Crippen LogP contribution in [0.3, 0.4) is 0 Å². The first-order chi connectivity index (χ1) is 10.1. The van der Waals surface area contributed by atoms with Crippen molar-refractivity contribution in [2.24, 2.45) is 0 Å². The fraction of sp³-hybridized carbons (Fsp3) is 0.429. The minimum Gasteiger partial charge on any atom is -0.374 e. The molecule has 7 heteroatoms. The molecule has 1 heterocycles. The lowest BCUT2D eigenvalue weighted by molar-refractivity contribution is -0.131. The summed E-state index contributed by atoms with van der Waals surface area (Å²) in [5.41, 5.74) is 0.156. The first-order valence-corrected chi connectivity index (χ1v) is 7.18. The van der Waals surface area contributed by atoms with Gasteiger partial charge < -0.3 is 15.5 Å². The maximum Gasteiger partial charge on any atom is 0.241 e. The Balaban J connectivity index is 1.74. The molecule has 0 aliphatic carbocycles. The molecule has 1 aromatic carbocycles. The molecule has 1 aliphatic heterocycles. The molecule has 1 fully saturated rings. The molecule has 2 amide bonds. The molecule has 0 atom stereocenters. The molecule has 114 valence electrons. The summed E-state index contributed by atoms with van der Waals surface area (Å²) in [7, 11) is 0. The van der Waals surface area contributed by atoms with E-state index in [4.69, 9.17) is 11.6 Å². The van der Waals surface area contributed by atoms with Crippen molar-refractivity contribution in [1.82, 2.24) is 10.2 Å². The van der Waals surface area contributed by atoms with E-state index >= 15 is 0 Å². The van der Waals surface area contributed by atoms with Crippen LogP contribution in [0.15, 0.2) is 18.2 Å². The van der Waals surface area contributed by atoms with Crippen molar-refractivity contribution in [3.8, 4) is 0 Å². The van der Waals surface area contributed by atoms with Crippen LogP contribution in [0.1, 0.15) is 12.8 Å². The highest BCUT2D eigenvalue weighted by Gasteiger charge is 2.18. The normalized spacial score (nSPS) is 14.1. The number of hydrogen-bond donors (Lipinski definition) is 2. The Labute approximate surface area is 127 Å². The standard InChI is InChI=1S/C14H17ClFN3O2/c15-10-4-3-5-11(14(10)16)17-8-12(20)18-9-13(21)19-6-1-2-7-19/h3-5,17H,1-2,6-9H2,(H,18,20). The van der Waals surface area contributed by atoms with Gasteiger partial charge in [-0.3, -0.25) is 9.59 Å². The number of hydrogen-bond acceptors (Lipinski definition) is 3. The van der Waals surface area contributed by atoms with Gasteiger partial charge in [-0.2, -0.15) is 0 Å². The van der Waals surface area contributed by atoms with Crippen molar-refractivity contribution in [1.29, 1.82) is 0 Å². The maximum atomic E-state index is 13.6. The first kappa shape index (κ1) is 15.6. The van der Waals surface area contributed by atoms with Crippen LogP contribution in [0.25, 0.3) is 0 Å². The van der Waals surface area contributed by atoms with Crippen molar-refractivity contribution in [3.63, 3.8) is 0 Å². The number of nitrogens with zero attached hydrogens (tertiary/aromatic N) is 1. The van der Waals surface area contributed by atoms with E-state index in [0.717, 1.165) is 25.9 Å². The number of anilines is 1. The van der Waals surface area contributed by atoms with Gasteiger partial charge in [0.2, 0.25) is 11.8 Å². The first-order valence-electron chi connectivity index (χ1n) is 6.80. The predicted octanol–water partition coefficient (Wildman–Crippen LogP) is 1.63. The van der Waals surface area contributed by atoms with E-state index < -0.39 is 5.82 Å². The van der Waals surface area contributed by atoms with Crippen molar-refractivity contribution >= 4 is 29.1 Å². The molecule has 0 spiro atoms. The summed E-state index contributed by atoms with van der Waals surface area (Å²) in [5.74, 6) is -1.06. The molecule has 1 saturated heterocycles. The molecule has 0 saturated carbocycles. The summed E-state index contributed by atoms with van der Waals surface area (Å²) in [6.45, 7) is 1.35. The number of rotatable bonds is 5. The monoisotopic (exact) mass is 313 g/mol. The van der Waals surface area contributed by atoms with Crippen LogP contribution in [0.4, 0.5) is 10.1 Å². The second kappa shape index (κ2) is 7.26. The highest BCUT2D eigenvalue weighted by Crippen LogP contribution is 2.21. The number of benzene rings is 1. The van der Waals surface area contributed by atoms with E-state index in [1.165, 1.54) is 12.1 Å². The molecule has 21 heavy (non-hydrogen) atoms. The average Bonchev–Trinajstić information content (AvgIpc) is 3.00. The fourth-order valence-electron chi connectivity index (χ4n) is 2.13. The zero-order valence-corrected chi connectivity index (χ0v) is 12.3. The summed E-state index contributed by atoms with van der Waals surface area (Å²) < 4.78 is 13.6. The van der Waals surface area contributed by atoms with E-state index in [2.05, 4.69) is 10.6 Å². The molecule has 0 unspecified atom stereocenters. The number of carbonyl (C=O) groups excluding carboxylic acids is 2. The van der Waals surface area contributed by atoms with Crippen LogP contribution in [-0.2, 0) is 9.59 Å². The smallest absolute Gasteiger partial charge is 0.241 e. The zero-order chi connectivity index (χ0) is 15.2. The summed E-state index contributed by atoms with van der Waals surface area (Å²) >= 11 is 5.64. The Morgan fingerprint density at radius 1 is 1.24 bits per heavy atom. The molecule has 0 bridgehead atoms. The average molecular weight is 314 g/mol. The molecule has 0 aromatic heterocycles. The van der Waals surface area contributed by atoms with Crippen LogP contribution in [0.5, 0.6) is 0 Å². The largest absolute Gasteiger partial charge is 0.374 e. The topological polar surface area (TPSA) is 61.4 Å². The lowest BCUT2D eigenvalue weighted by Gasteiger charge is -2.15. The Morgan fingerprint density at radius 3 is 2.67 bits per heavy atom. The van der Waals surface area contributed by atoms with Crippen molar-refractivity contribution in [2.75, 3.05) is 31.5 Å². The fourth-order valence-corrected chi connectivity index (χ4v) is 2.31. The van der Waals surface area contributed by atoms with Gasteiger partial charge in [0.1, 0.15) is 0 Å². The van der Waals surface area contributed by atoms with Crippen molar-refractivity contribution in [2.45, 2.75) is 12.8 Å². The second-order valence-electron chi connectivity index (χ2n) is 4.82.